The predicted molar refractivity (Wildman–Crippen MR) is 119 cm³/mol. The standard InChI is InChI=1S/C21H35N5O2S/c1-21(2)17-26(13-14-29(21,27)28)20(22-3)23-15-18-5-7-19(8-6-18)16-25-11-9-24(4)10-12-25/h5-8H,9-17H2,1-4H3,(H,22,23). The van der Waals surface area contributed by atoms with Crippen molar-refractivity contribution in [3.63, 3.8) is 0 Å². The second-order valence-corrected chi connectivity index (χ2v) is 11.5. The molecule has 8 heteroatoms. The van der Waals surface area contributed by atoms with Gasteiger partial charge in [-0.3, -0.25) is 9.89 Å². The molecule has 0 bridgehead atoms. The highest BCUT2D eigenvalue weighted by Gasteiger charge is 2.40. The van der Waals surface area contributed by atoms with E-state index < -0.39 is 14.6 Å². The van der Waals surface area contributed by atoms with E-state index in [1.54, 1.807) is 20.9 Å². The molecule has 1 N–H and O–H groups in total. The van der Waals surface area contributed by atoms with E-state index in [4.69, 9.17) is 0 Å². The molecule has 0 atom stereocenters. The number of hydrogen-bond acceptors (Lipinski definition) is 5. The lowest BCUT2D eigenvalue weighted by molar-refractivity contribution is 0.148. The van der Waals surface area contributed by atoms with Crippen molar-refractivity contribution < 1.29 is 8.42 Å². The molecule has 0 amide bonds. The van der Waals surface area contributed by atoms with Gasteiger partial charge >= 0.3 is 0 Å². The molecular formula is C21H35N5O2S. The van der Waals surface area contributed by atoms with E-state index in [9.17, 15) is 8.42 Å². The van der Waals surface area contributed by atoms with Crippen LogP contribution in [0.25, 0.3) is 0 Å². The molecule has 7 nitrogen and oxygen atoms in total. The van der Waals surface area contributed by atoms with Gasteiger partial charge in [-0.05, 0) is 32.0 Å². The number of piperazine rings is 1. The highest BCUT2D eigenvalue weighted by atomic mass is 32.2. The molecule has 3 rings (SSSR count). The van der Waals surface area contributed by atoms with Crippen molar-refractivity contribution in [2.75, 3.05) is 59.1 Å². The number of likely N-dealkylation sites (N-methyl/N-ethyl adjacent to an activating group) is 1. The molecule has 29 heavy (non-hydrogen) atoms. The Hall–Kier alpha value is -1.64. The molecule has 0 spiro atoms. The number of sulfone groups is 1. The van der Waals surface area contributed by atoms with Gasteiger partial charge < -0.3 is 15.1 Å². The molecule has 0 saturated carbocycles. The van der Waals surface area contributed by atoms with E-state index in [0.717, 1.165) is 38.7 Å². The van der Waals surface area contributed by atoms with E-state index in [1.165, 1.54) is 11.1 Å². The lowest BCUT2D eigenvalue weighted by atomic mass is 10.1. The monoisotopic (exact) mass is 421 g/mol. The minimum atomic E-state index is -3.05. The zero-order valence-electron chi connectivity index (χ0n) is 18.2. The SMILES string of the molecule is CN=C(NCc1ccc(CN2CCN(C)CC2)cc1)N1CCS(=O)(=O)C(C)(C)C1. The molecule has 2 aliphatic heterocycles. The summed E-state index contributed by atoms with van der Waals surface area (Å²) in [6, 6.07) is 8.73. The van der Waals surface area contributed by atoms with Crippen LogP contribution in [0.1, 0.15) is 25.0 Å². The number of aliphatic imine (C=N–C) groups is 1. The molecule has 1 aromatic rings. The van der Waals surface area contributed by atoms with Crippen molar-refractivity contribution in [3.8, 4) is 0 Å². The maximum Gasteiger partial charge on any atom is 0.193 e. The second kappa shape index (κ2) is 9.02. The molecule has 0 aliphatic carbocycles. The average molecular weight is 422 g/mol. The van der Waals surface area contributed by atoms with Crippen LogP contribution in [-0.2, 0) is 22.9 Å². The summed E-state index contributed by atoms with van der Waals surface area (Å²) >= 11 is 0. The number of rotatable bonds is 4. The van der Waals surface area contributed by atoms with Crippen LogP contribution in [0.15, 0.2) is 29.3 Å². The highest BCUT2D eigenvalue weighted by Crippen LogP contribution is 2.23. The Morgan fingerprint density at radius 2 is 1.69 bits per heavy atom. The van der Waals surface area contributed by atoms with Gasteiger partial charge in [0.05, 0.1) is 10.5 Å². The van der Waals surface area contributed by atoms with Gasteiger partial charge in [0.15, 0.2) is 15.8 Å². The van der Waals surface area contributed by atoms with Gasteiger partial charge in [0, 0.05) is 59.4 Å². The van der Waals surface area contributed by atoms with Crippen LogP contribution in [0.3, 0.4) is 0 Å². The fraction of sp³-hybridized carbons (Fsp3) is 0.667. The van der Waals surface area contributed by atoms with Crippen LogP contribution in [-0.4, -0.2) is 92.9 Å². The zero-order chi connectivity index (χ0) is 21.1. The lowest BCUT2D eigenvalue weighted by Crippen LogP contribution is -2.57. The van der Waals surface area contributed by atoms with Crippen LogP contribution < -0.4 is 5.32 Å². The summed E-state index contributed by atoms with van der Waals surface area (Å²) in [6.07, 6.45) is 0. The first kappa shape index (κ1) is 22.1. The Kier molecular flexibility index (Phi) is 6.86. The van der Waals surface area contributed by atoms with Crippen LogP contribution in [0.2, 0.25) is 0 Å². The predicted octanol–water partition coefficient (Wildman–Crippen LogP) is 1.02. The van der Waals surface area contributed by atoms with Gasteiger partial charge in [0.25, 0.3) is 0 Å². The summed E-state index contributed by atoms with van der Waals surface area (Å²) in [5.74, 6) is 0.927. The van der Waals surface area contributed by atoms with E-state index in [0.29, 0.717) is 19.6 Å². The Balaban J connectivity index is 1.52. The fourth-order valence-electron chi connectivity index (χ4n) is 3.86. The molecule has 2 saturated heterocycles. The molecule has 2 fully saturated rings. The van der Waals surface area contributed by atoms with Crippen molar-refractivity contribution in [2.24, 2.45) is 4.99 Å². The maximum atomic E-state index is 12.2. The first-order valence-electron chi connectivity index (χ1n) is 10.4. The molecule has 1 aromatic carbocycles. The summed E-state index contributed by atoms with van der Waals surface area (Å²) in [7, 11) is 0.871. The second-order valence-electron chi connectivity index (χ2n) is 8.80. The summed E-state index contributed by atoms with van der Waals surface area (Å²) in [5, 5.41) is 3.39. The Morgan fingerprint density at radius 1 is 1.07 bits per heavy atom. The van der Waals surface area contributed by atoms with Crippen molar-refractivity contribution in [1.29, 1.82) is 0 Å². The molecule has 0 unspecified atom stereocenters. The molecular weight excluding hydrogens is 386 g/mol. The van der Waals surface area contributed by atoms with Crippen LogP contribution in [0, 0.1) is 0 Å². The average Bonchev–Trinajstić information content (AvgIpc) is 2.68. The molecule has 0 aromatic heterocycles. The van der Waals surface area contributed by atoms with Crippen LogP contribution in [0.5, 0.6) is 0 Å². The van der Waals surface area contributed by atoms with Crippen molar-refractivity contribution in [1.82, 2.24) is 20.0 Å². The molecule has 2 heterocycles. The van der Waals surface area contributed by atoms with Gasteiger partial charge in [-0.2, -0.15) is 0 Å². The van der Waals surface area contributed by atoms with E-state index in [-0.39, 0.29) is 5.75 Å². The van der Waals surface area contributed by atoms with Crippen molar-refractivity contribution in [2.45, 2.75) is 31.7 Å². The van der Waals surface area contributed by atoms with Gasteiger partial charge in [0.2, 0.25) is 0 Å². The molecule has 0 radical (unpaired) electrons. The van der Waals surface area contributed by atoms with Gasteiger partial charge in [-0.15, -0.1) is 0 Å². The summed E-state index contributed by atoms with van der Waals surface area (Å²) in [6.45, 7) is 10.7. The first-order chi connectivity index (χ1) is 13.7. The highest BCUT2D eigenvalue weighted by molar-refractivity contribution is 7.92. The normalized spacial score (nSPS) is 23.2. The fourth-order valence-corrected chi connectivity index (χ4v) is 5.23. The van der Waals surface area contributed by atoms with Crippen LogP contribution >= 0.6 is 0 Å². The number of nitrogens with one attached hydrogen (secondary N) is 1. The van der Waals surface area contributed by atoms with Crippen molar-refractivity contribution in [3.05, 3.63) is 35.4 Å². The van der Waals surface area contributed by atoms with E-state index >= 15 is 0 Å². The Bertz CT molecular complexity index is 812. The quantitative estimate of drug-likeness (QED) is 0.578. The third-order valence-electron chi connectivity index (χ3n) is 6.03. The summed E-state index contributed by atoms with van der Waals surface area (Å²) in [4.78, 5) is 11.3. The topological polar surface area (TPSA) is 68.2 Å². The number of nitrogens with zero attached hydrogens (tertiary/aromatic N) is 4. The van der Waals surface area contributed by atoms with Gasteiger partial charge in [-0.25, -0.2) is 8.42 Å². The van der Waals surface area contributed by atoms with E-state index in [1.807, 2.05) is 4.90 Å². The van der Waals surface area contributed by atoms with Crippen LogP contribution in [0.4, 0.5) is 0 Å². The zero-order valence-corrected chi connectivity index (χ0v) is 19.0. The largest absolute Gasteiger partial charge is 0.352 e. The first-order valence-corrected chi connectivity index (χ1v) is 12.0. The molecule has 2 aliphatic rings. The lowest BCUT2D eigenvalue weighted by Gasteiger charge is -2.39. The maximum absolute atomic E-state index is 12.2. The minimum Gasteiger partial charge on any atom is -0.352 e. The summed E-state index contributed by atoms with van der Waals surface area (Å²) in [5.41, 5.74) is 2.53. The summed E-state index contributed by atoms with van der Waals surface area (Å²) < 4.78 is 23.7. The Morgan fingerprint density at radius 3 is 2.28 bits per heavy atom. The number of guanidine groups is 1. The number of hydrogen-bond donors (Lipinski definition) is 1. The van der Waals surface area contributed by atoms with Crippen molar-refractivity contribution >= 4 is 15.8 Å². The smallest absolute Gasteiger partial charge is 0.193 e. The Labute approximate surface area is 175 Å². The van der Waals surface area contributed by atoms with E-state index in [2.05, 4.69) is 51.4 Å². The number of benzene rings is 1. The molecule has 162 valence electrons. The third kappa shape index (κ3) is 5.49. The third-order valence-corrected chi connectivity index (χ3v) is 8.56. The van der Waals surface area contributed by atoms with Gasteiger partial charge in [0.1, 0.15) is 0 Å². The van der Waals surface area contributed by atoms with Gasteiger partial charge in [-0.1, -0.05) is 24.3 Å². The minimum absolute atomic E-state index is 0.168.